The van der Waals surface area contributed by atoms with Crippen LogP contribution in [0.4, 0.5) is 0 Å². The Morgan fingerprint density at radius 3 is 3.27 bits per heavy atom. The third kappa shape index (κ3) is 2.55. The number of pyridine rings is 1. The smallest absolute Gasteiger partial charge is 0.0589 e. The Balaban J connectivity index is 2.01. The van der Waals surface area contributed by atoms with Crippen LogP contribution in [0.1, 0.15) is 24.4 Å². The number of methoxy groups -OCH3 is 1. The molecule has 0 bridgehead atoms. The summed E-state index contributed by atoms with van der Waals surface area (Å²) in [4.78, 5) is 6.67. The van der Waals surface area contributed by atoms with Crippen molar-refractivity contribution in [2.45, 2.75) is 18.9 Å². The predicted molar refractivity (Wildman–Crippen MR) is 59.7 cm³/mol. The lowest BCUT2D eigenvalue weighted by Crippen LogP contribution is -2.27. The maximum absolute atomic E-state index is 5.13. The number of aromatic nitrogens is 1. The molecule has 0 N–H and O–H groups in total. The highest BCUT2D eigenvalue weighted by Crippen LogP contribution is 2.30. The molecular weight excluding hydrogens is 188 g/mol. The first-order chi connectivity index (χ1) is 7.42. The molecule has 0 spiro atoms. The molecule has 0 amide bonds. The predicted octanol–water partition coefficient (Wildman–Crippen LogP) is 1.86. The molecule has 3 heteroatoms. The van der Waals surface area contributed by atoms with E-state index in [0.717, 1.165) is 13.2 Å². The van der Waals surface area contributed by atoms with Gasteiger partial charge in [0, 0.05) is 32.1 Å². The minimum atomic E-state index is 0.550. The minimum Gasteiger partial charge on any atom is -0.383 e. The molecular formula is C12H18N2O. The van der Waals surface area contributed by atoms with Crippen molar-refractivity contribution in [2.75, 3.05) is 26.8 Å². The molecule has 0 unspecified atom stereocenters. The van der Waals surface area contributed by atoms with E-state index in [2.05, 4.69) is 16.0 Å². The second-order valence-corrected chi connectivity index (χ2v) is 3.97. The molecule has 1 aliphatic rings. The van der Waals surface area contributed by atoms with E-state index in [1.165, 1.54) is 24.9 Å². The van der Waals surface area contributed by atoms with Crippen LogP contribution in [-0.2, 0) is 4.74 Å². The molecule has 0 radical (unpaired) electrons. The van der Waals surface area contributed by atoms with Gasteiger partial charge in [-0.15, -0.1) is 0 Å². The van der Waals surface area contributed by atoms with Crippen LogP contribution >= 0.6 is 0 Å². The zero-order valence-electron chi connectivity index (χ0n) is 9.22. The van der Waals surface area contributed by atoms with Crippen molar-refractivity contribution in [2.24, 2.45) is 0 Å². The van der Waals surface area contributed by atoms with Gasteiger partial charge in [0.2, 0.25) is 0 Å². The number of likely N-dealkylation sites (tertiary alicyclic amines) is 1. The van der Waals surface area contributed by atoms with Crippen LogP contribution in [0.25, 0.3) is 0 Å². The van der Waals surface area contributed by atoms with Crippen LogP contribution in [0.5, 0.6) is 0 Å². The maximum Gasteiger partial charge on any atom is 0.0589 e. The Bertz CT molecular complexity index is 289. The summed E-state index contributed by atoms with van der Waals surface area (Å²) in [6, 6.07) is 4.74. The molecule has 1 aromatic heterocycles. The standard InChI is InChI=1S/C12H18N2O/c1-15-9-8-14-7-3-5-12(14)11-4-2-6-13-10-11/h2,4,6,10,12H,3,5,7-9H2,1H3/t12-/m0/s1. The van der Waals surface area contributed by atoms with Gasteiger partial charge in [0.15, 0.2) is 0 Å². The average molecular weight is 206 g/mol. The van der Waals surface area contributed by atoms with Crippen molar-refractivity contribution in [3.8, 4) is 0 Å². The maximum atomic E-state index is 5.13. The molecule has 2 heterocycles. The highest BCUT2D eigenvalue weighted by Gasteiger charge is 2.25. The Hall–Kier alpha value is -0.930. The van der Waals surface area contributed by atoms with Crippen LogP contribution in [0.2, 0.25) is 0 Å². The first-order valence-electron chi connectivity index (χ1n) is 5.54. The van der Waals surface area contributed by atoms with Crippen molar-refractivity contribution >= 4 is 0 Å². The first-order valence-corrected chi connectivity index (χ1v) is 5.54. The highest BCUT2D eigenvalue weighted by atomic mass is 16.5. The van der Waals surface area contributed by atoms with Gasteiger partial charge in [-0.3, -0.25) is 9.88 Å². The summed E-state index contributed by atoms with van der Waals surface area (Å²) in [5.74, 6) is 0. The molecule has 1 atom stereocenters. The second-order valence-electron chi connectivity index (χ2n) is 3.97. The molecule has 1 aromatic rings. The van der Waals surface area contributed by atoms with Crippen LogP contribution in [0, 0.1) is 0 Å². The fourth-order valence-corrected chi connectivity index (χ4v) is 2.25. The Morgan fingerprint density at radius 2 is 2.53 bits per heavy atom. The topological polar surface area (TPSA) is 25.4 Å². The van der Waals surface area contributed by atoms with Gasteiger partial charge < -0.3 is 4.74 Å². The van der Waals surface area contributed by atoms with Gasteiger partial charge in [-0.1, -0.05) is 6.07 Å². The summed E-state index contributed by atoms with van der Waals surface area (Å²) in [6.45, 7) is 3.02. The summed E-state index contributed by atoms with van der Waals surface area (Å²) < 4.78 is 5.13. The molecule has 0 aliphatic carbocycles. The van der Waals surface area contributed by atoms with Gasteiger partial charge in [-0.2, -0.15) is 0 Å². The van der Waals surface area contributed by atoms with E-state index in [1.54, 1.807) is 7.11 Å². The van der Waals surface area contributed by atoms with E-state index < -0.39 is 0 Å². The van der Waals surface area contributed by atoms with Gasteiger partial charge in [0.25, 0.3) is 0 Å². The minimum absolute atomic E-state index is 0.550. The Morgan fingerprint density at radius 1 is 1.60 bits per heavy atom. The number of hydrogen-bond donors (Lipinski definition) is 0. The summed E-state index contributed by atoms with van der Waals surface area (Å²) >= 11 is 0. The fraction of sp³-hybridized carbons (Fsp3) is 0.583. The van der Waals surface area contributed by atoms with Crippen LogP contribution in [0.15, 0.2) is 24.5 Å². The molecule has 0 aromatic carbocycles. The van der Waals surface area contributed by atoms with Crippen molar-refractivity contribution in [3.05, 3.63) is 30.1 Å². The molecule has 0 saturated carbocycles. The van der Waals surface area contributed by atoms with Crippen LogP contribution in [-0.4, -0.2) is 36.7 Å². The monoisotopic (exact) mass is 206 g/mol. The van der Waals surface area contributed by atoms with Gasteiger partial charge >= 0.3 is 0 Å². The van der Waals surface area contributed by atoms with E-state index in [9.17, 15) is 0 Å². The third-order valence-corrected chi connectivity index (χ3v) is 3.02. The summed E-state index contributed by atoms with van der Waals surface area (Å²) in [7, 11) is 1.76. The molecule has 15 heavy (non-hydrogen) atoms. The Kier molecular flexibility index (Phi) is 3.69. The summed E-state index contributed by atoms with van der Waals surface area (Å²) in [5, 5.41) is 0. The van der Waals surface area contributed by atoms with Crippen LogP contribution in [0.3, 0.4) is 0 Å². The Labute approximate surface area is 91.1 Å². The number of ether oxygens (including phenoxy) is 1. The molecule has 1 fully saturated rings. The number of hydrogen-bond acceptors (Lipinski definition) is 3. The molecule has 3 nitrogen and oxygen atoms in total. The van der Waals surface area contributed by atoms with Crippen molar-refractivity contribution in [3.63, 3.8) is 0 Å². The number of rotatable bonds is 4. The summed E-state index contributed by atoms with van der Waals surface area (Å²) in [6.07, 6.45) is 6.34. The zero-order valence-corrected chi connectivity index (χ0v) is 9.22. The lowest BCUT2D eigenvalue weighted by Gasteiger charge is -2.23. The molecule has 1 aliphatic heterocycles. The second kappa shape index (κ2) is 5.24. The normalized spacial score (nSPS) is 22.1. The quantitative estimate of drug-likeness (QED) is 0.752. The van der Waals surface area contributed by atoms with Crippen molar-refractivity contribution in [1.82, 2.24) is 9.88 Å². The molecule has 82 valence electrons. The van der Waals surface area contributed by atoms with E-state index in [4.69, 9.17) is 4.74 Å². The van der Waals surface area contributed by atoms with Crippen molar-refractivity contribution < 1.29 is 4.74 Å². The highest BCUT2D eigenvalue weighted by molar-refractivity contribution is 5.15. The van der Waals surface area contributed by atoms with E-state index >= 15 is 0 Å². The largest absolute Gasteiger partial charge is 0.383 e. The lowest BCUT2D eigenvalue weighted by molar-refractivity contribution is 0.141. The number of nitrogens with zero attached hydrogens (tertiary/aromatic N) is 2. The molecule has 2 rings (SSSR count). The van der Waals surface area contributed by atoms with Gasteiger partial charge in [0.1, 0.15) is 0 Å². The van der Waals surface area contributed by atoms with Gasteiger partial charge in [-0.05, 0) is 31.0 Å². The van der Waals surface area contributed by atoms with Crippen molar-refractivity contribution in [1.29, 1.82) is 0 Å². The lowest BCUT2D eigenvalue weighted by atomic mass is 10.1. The SMILES string of the molecule is COCCN1CCC[C@H]1c1cccnc1. The first kappa shape index (κ1) is 10.6. The van der Waals surface area contributed by atoms with Crippen LogP contribution < -0.4 is 0 Å². The summed E-state index contributed by atoms with van der Waals surface area (Å²) in [5.41, 5.74) is 1.34. The molecule has 1 saturated heterocycles. The zero-order chi connectivity index (χ0) is 10.5. The van der Waals surface area contributed by atoms with Gasteiger partial charge in [-0.25, -0.2) is 0 Å². The fourth-order valence-electron chi connectivity index (χ4n) is 2.25. The van der Waals surface area contributed by atoms with E-state index in [1.807, 2.05) is 18.5 Å². The van der Waals surface area contributed by atoms with E-state index in [-0.39, 0.29) is 0 Å². The van der Waals surface area contributed by atoms with E-state index in [0.29, 0.717) is 6.04 Å². The average Bonchev–Trinajstić information content (AvgIpc) is 2.75. The van der Waals surface area contributed by atoms with Gasteiger partial charge in [0.05, 0.1) is 6.61 Å². The third-order valence-electron chi connectivity index (χ3n) is 3.02.